The molecule has 0 fully saturated rings. The van der Waals surface area contributed by atoms with Crippen molar-refractivity contribution in [2.45, 2.75) is 47.1 Å². The maximum absolute atomic E-state index is 13.1. The van der Waals surface area contributed by atoms with Crippen LogP contribution >= 0.6 is 0 Å². The summed E-state index contributed by atoms with van der Waals surface area (Å²) in [6.45, 7) is 10.8. The number of rotatable bonds is 1. The minimum atomic E-state index is -0.627. The molecule has 4 nitrogen and oxygen atoms in total. The number of hydrogen-bond donors (Lipinski definition) is 1. The number of nitrogens with zero attached hydrogens (tertiary/aromatic N) is 1. The van der Waals surface area contributed by atoms with Crippen molar-refractivity contribution in [2.75, 3.05) is 5.32 Å². The molecule has 1 N–H and O–H groups in total. The Bertz CT molecular complexity index is 400. The molecule has 0 spiro atoms. The monoisotopic (exact) mass is 256 g/mol. The average Bonchev–Trinajstić information content (AvgIpc) is 2.24. The molecule has 0 saturated heterocycles. The molecule has 1 aromatic heterocycles. The van der Waals surface area contributed by atoms with Crippen LogP contribution in [0.2, 0.25) is 0 Å². The minimum Gasteiger partial charge on any atom is -0.444 e. The molecule has 1 rings (SSSR count). The van der Waals surface area contributed by atoms with E-state index in [4.69, 9.17) is 4.74 Å². The van der Waals surface area contributed by atoms with Crippen molar-refractivity contribution in [2.24, 2.45) is 0 Å². The molecule has 1 heterocycles. The molecule has 5 heteroatoms. The zero-order chi connectivity index (χ0) is 14.3. The van der Waals surface area contributed by atoms with Crippen LogP contribution in [0.25, 0.3) is 0 Å². The van der Waals surface area contributed by atoms with Crippen molar-refractivity contribution in [3.63, 3.8) is 0 Å². The first-order valence-electron chi connectivity index (χ1n) is 5.90. The van der Waals surface area contributed by atoms with E-state index >= 15 is 0 Å². The SMILES string of the molecule is CC.Cc1ncc(NC(=O)OC(C)(C)C)cc1F. The summed E-state index contributed by atoms with van der Waals surface area (Å²) < 4.78 is 18.1. The van der Waals surface area contributed by atoms with Gasteiger partial charge in [-0.3, -0.25) is 10.3 Å². The summed E-state index contributed by atoms with van der Waals surface area (Å²) in [6, 6.07) is 1.20. The van der Waals surface area contributed by atoms with E-state index in [0.29, 0.717) is 0 Å². The van der Waals surface area contributed by atoms with Crippen LogP contribution < -0.4 is 5.32 Å². The summed E-state index contributed by atoms with van der Waals surface area (Å²) in [5, 5.41) is 2.40. The van der Waals surface area contributed by atoms with Crippen LogP contribution in [0.1, 0.15) is 40.3 Å². The molecular formula is C13H21FN2O2. The van der Waals surface area contributed by atoms with E-state index in [2.05, 4.69) is 10.3 Å². The summed E-state index contributed by atoms with van der Waals surface area (Å²) >= 11 is 0. The lowest BCUT2D eigenvalue weighted by atomic mass is 10.2. The first-order chi connectivity index (χ1) is 8.28. The smallest absolute Gasteiger partial charge is 0.412 e. The highest BCUT2D eigenvalue weighted by Crippen LogP contribution is 2.13. The van der Waals surface area contributed by atoms with E-state index in [1.165, 1.54) is 12.3 Å². The fourth-order valence-electron chi connectivity index (χ4n) is 0.996. The summed E-state index contributed by atoms with van der Waals surface area (Å²) in [6.07, 6.45) is 0.750. The van der Waals surface area contributed by atoms with Crippen molar-refractivity contribution < 1.29 is 13.9 Å². The highest BCUT2D eigenvalue weighted by molar-refractivity contribution is 5.84. The zero-order valence-electron chi connectivity index (χ0n) is 11.8. The molecule has 0 bridgehead atoms. The summed E-state index contributed by atoms with van der Waals surface area (Å²) in [7, 11) is 0. The largest absolute Gasteiger partial charge is 0.444 e. The van der Waals surface area contributed by atoms with Crippen molar-refractivity contribution in [3.05, 3.63) is 23.8 Å². The Kier molecular flexibility index (Phi) is 6.30. The van der Waals surface area contributed by atoms with Crippen LogP contribution in [-0.4, -0.2) is 16.7 Å². The van der Waals surface area contributed by atoms with Gasteiger partial charge < -0.3 is 4.74 Å². The van der Waals surface area contributed by atoms with E-state index in [0.717, 1.165) is 0 Å². The van der Waals surface area contributed by atoms with E-state index in [-0.39, 0.29) is 11.4 Å². The van der Waals surface area contributed by atoms with Gasteiger partial charge in [-0.05, 0) is 27.7 Å². The van der Waals surface area contributed by atoms with Gasteiger partial charge in [0.05, 0.1) is 17.6 Å². The number of halogens is 1. The van der Waals surface area contributed by atoms with Gasteiger partial charge in [-0.1, -0.05) is 13.8 Å². The minimum absolute atomic E-state index is 0.275. The van der Waals surface area contributed by atoms with Crippen LogP contribution in [0.4, 0.5) is 14.9 Å². The first-order valence-corrected chi connectivity index (χ1v) is 5.90. The molecule has 0 aliphatic heterocycles. The Morgan fingerprint density at radius 2 is 1.94 bits per heavy atom. The molecule has 18 heavy (non-hydrogen) atoms. The van der Waals surface area contributed by atoms with Crippen molar-refractivity contribution in [3.8, 4) is 0 Å². The number of amides is 1. The van der Waals surface area contributed by atoms with E-state index in [1.807, 2.05) is 13.8 Å². The van der Waals surface area contributed by atoms with Crippen molar-refractivity contribution in [1.82, 2.24) is 4.98 Å². The summed E-state index contributed by atoms with van der Waals surface area (Å²) in [5.41, 5.74) is -0.0205. The van der Waals surface area contributed by atoms with Crippen molar-refractivity contribution in [1.29, 1.82) is 0 Å². The Balaban J connectivity index is 0.00000137. The van der Waals surface area contributed by atoms with Crippen molar-refractivity contribution >= 4 is 11.8 Å². The number of ether oxygens (including phenoxy) is 1. The molecule has 1 amide bonds. The Morgan fingerprint density at radius 3 is 2.39 bits per heavy atom. The van der Waals surface area contributed by atoms with Crippen LogP contribution in [0.5, 0.6) is 0 Å². The predicted octanol–water partition coefficient (Wildman–Crippen LogP) is 3.90. The van der Waals surface area contributed by atoms with Gasteiger partial charge in [0.25, 0.3) is 0 Å². The predicted molar refractivity (Wildman–Crippen MR) is 70.1 cm³/mol. The number of carbonyl (C=O) groups excluding carboxylic acids is 1. The zero-order valence-corrected chi connectivity index (χ0v) is 11.8. The third-order valence-corrected chi connectivity index (χ3v) is 1.67. The third kappa shape index (κ3) is 6.18. The number of aromatic nitrogens is 1. The van der Waals surface area contributed by atoms with Crippen LogP contribution in [0, 0.1) is 12.7 Å². The molecule has 0 aliphatic carbocycles. The lowest BCUT2D eigenvalue weighted by molar-refractivity contribution is 0.0636. The third-order valence-electron chi connectivity index (χ3n) is 1.67. The van der Waals surface area contributed by atoms with Gasteiger partial charge in [0, 0.05) is 6.07 Å². The number of aryl methyl sites for hydroxylation is 1. The standard InChI is InChI=1S/C11H15FN2O2.C2H6/c1-7-9(12)5-8(6-13-7)14-10(15)16-11(2,3)4;1-2/h5-6H,1-4H3,(H,14,15);1-2H3. The van der Waals surface area contributed by atoms with Crippen LogP contribution in [0.3, 0.4) is 0 Å². The quantitative estimate of drug-likeness (QED) is 0.829. The van der Waals surface area contributed by atoms with Crippen LogP contribution in [-0.2, 0) is 4.74 Å². The van der Waals surface area contributed by atoms with E-state index in [1.54, 1.807) is 27.7 Å². The topological polar surface area (TPSA) is 51.2 Å². The highest BCUT2D eigenvalue weighted by Gasteiger charge is 2.16. The average molecular weight is 256 g/mol. The highest BCUT2D eigenvalue weighted by atomic mass is 19.1. The molecular weight excluding hydrogens is 235 g/mol. The van der Waals surface area contributed by atoms with Gasteiger partial charge in [-0.25, -0.2) is 9.18 Å². The normalized spacial score (nSPS) is 10.2. The summed E-state index contributed by atoms with van der Waals surface area (Å²) in [4.78, 5) is 15.1. The number of carbonyl (C=O) groups is 1. The Hall–Kier alpha value is -1.65. The van der Waals surface area contributed by atoms with Gasteiger partial charge in [0.15, 0.2) is 0 Å². The van der Waals surface area contributed by atoms with E-state index in [9.17, 15) is 9.18 Å². The molecule has 0 saturated carbocycles. The molecule has 0 unspecified atom stereocenters. The van der Waals surface area contributed by atoms with E-state index < -0.39 is 17.5 Å². The number of nitrogens with one attached hydrogen (secondary N) is 1. The number of pyridine rings is 1. The first kappa shape index (κ1) is 16.4. The Labute approximate surface area is 108 Å². The molecule has 0 atom stereocenters. The van der Waals surface area contributed by atoms with Gasteiger partial charge >= 0.3 is 6.09 Å². The molecule has 1 aromatic rings. The van der Waals surface area contributed by atoms with Gasteiger partial charge in [-0.2, -0.15) is 0 Å². The summed E-state index contributed by atoms with van der Waals surface area (Å²) in [5.74, 6) is -0.464. The number of anilines is 1. The number of hydrogen-bond acceptors (Lipinski definition) is 3. The van der Waals surface area contributed by atoms with Crippen LogP contribution in [0.15, 0.2) is 12.3 Å². The maximum Gasteiger partial charge on any atom is 0.412 e. The fourth-order valence-corrected chi connectivity index (χ4v) is 0.996. The molecule has 102 valence electrons. The molecule has 0 aliphatic rings. The Morgan fingerprint density at radius 1 is 1.39 bits per heavy atom. The second kappa shape index (κ2) is 6.93. The second-order valence-corrected chi connectivity index (χ2v) is 4.42. The molecule has 0 radical (unpaired) electrons. The second-order valence-electron chi connectivity index (χ2n) is 4.42. The lowest BCUT2D eigenvalue weighted by Gasteiger charge is -2.19. The lowest BCUT2D eigenvalue weighted by Crippen LogP contribution is -2.27. The van der Waals surface area contributed by atoms with Gasteiger partial charge in [-0.15, -0.1) is 0 Å². The molecule has 0 aromatic carbocycles. The maximum atomic E-state index is 13.1. The fraction of sp³-hybridized carbons (Fsp3) is 0.538. The van der Waals surface area contributed by atoms with Gasteiger partial charge in [0.2, 0.25) is 0 Å². The van der Waals surface area contributed by atoms with Gasteiger partial charge in [0.1, 0.15) is 11.4 Å².